The molecule has 3 rings (SSSR count). The number of fused-ring (bicyclic) bond motifs is 1. The number of amides is 1. The predicted molar refractivity (Wildman–Crippen MR) is 101 cm³/mol. The first-order chi connectivity index (χ1) is 12.3. The minimum Gasteiger partial charge on any atom is -0.274 e. The van der Waals surface area contributed by atoms with E-state index in [0.717, 1.165) is 11.3 Å². The number of aromatic nitrogens is 3. The van der Waals surface area contributed by atoms with Gasteiger partial charge in [0.15, 0.2) is 5.65 Å². The molecular weight excluding hydrogens is 352 g/mol. The number of carbonyl (C=O) groups is 1. The van der Waals surface area contributed by atoms with Gasteiger partial charge in [-0.2, -0.15) is 5.10 Å². The Bertz CT molecular complexity index is 960. The van der Waals surface area contributed by atoms with Crippen molar-refractivity contribution in [2.24, 2.45) is 0 Å². The Morgan fingerprint density at radius 3 is 2.65 bits per heavy atom. The van der Waals surface area contributed by atoms with Crippen LogP contribution in [0.25, 0.3) is 16.9 Å². The van der Waals surface area contributed by atoms with Crippen molar-refractivity contribution >= 4 is 23.2 Å². The summed E-state index contributed by atoms with van der Waals surface area (Å²) in [6.45, 7) is 8.34. The van der Waals surface area contributed by atoms with E-state index in [1.165, 1.54) is 4.52 Å². The maximum atomic E-state index is 12.6. The molecule has 0 spiro atoms. The molecule has 0 bridgehead atoms. The number of hydroxylamine groups is 1. The average Bonchev–Trinajstić information content (AvgIpc) is 3.03. The number of carbonyl (C=O) groups excluding carboxylic acids is 1. The Morgan fingerprint density at radius 1 is 1.27 bits per heavy atom. The van der Waals surface area contributed by atoms with E-state index in [0.29, 0.717) is 28.7 Å². The molecule has 2 aromatic heterocycles. The summed E-state index contributed by atoms with van der Waals surface area (Å²) in [5.74, 6) is -0.392. The van der Waals surface area contributed by atoms with Gasteiger partial charge in [0.1, 0.15) is 5.69 Å². The van der Waals surface area contributed by atoms with Gasteiger partial charge in [-0.05, 0) is 19.1 Å². The third kappa shape index (κ3) is 3.57. The number of nitrogens with zero attached hydrogens (tertiary/aromatic N) is 3. The normalized spacial score (nSPS) is 11.7. The van der Waals surface area contributed by atoms with Crippen molar-refractivity contribution in [3.8, 4) is 11.3 Å². The summed E-state index contributed by atoms with van der Waals surface area (Å²) in [6, 6.07) is 10.9. The molecule has 1 aromatic carbocycles. The van der Waals surface area contributed by atoms with Gasteiger partial charge in [0.25, 0.3) is 5.91 Å². The summed E-state index contributed by atoms with van der Waals surface area (Å²) in [7, 11) is 0. The Kier molecular flexibility index (Phi) is 4.98. The van der Waals surface area contributed by atoms with Crippen LogP contribution in [-0.2, 0) is 10.3 Å². The fraction of sp³-hybridized carbons (Fsp3) is 0.316. The number of nitrogens with one attached hydrogen (secondary N) is 1. The second-order valence-electron chi connectivity index (χ2n) is 6.92. The molecule has 7 heteroatoms. The number of hydrogen-bond acceptors (Lipinski definition) is 4. The standard InChI is InChI=1S/C19H21ClN4O2/c1-5-26-23-18(25)15-10-14(12-8-6-7-9-13(12)20)21-17-11-16(19(2,3)4)22-24(15)17/h6-11H,5H2,1-4H3,(H,23,25). The summed E-state index contributed by atoms with van der Waals surface area (Å²) >= 11 is 6.32. The highest BCUT2D eigenvalue weighted by molar-refractivity contribution is 6.33. The summed E-state index contributed by atoms with van der Waals surface area (Å²) < 4.78 is 1.54. The number of halogens is 1. The minimum atomic E-state index is -0.392. The lowest BCUT2D eigenvalue weighted by Crippen LogP contribution is -2.26. The van der Waals surface area contributed by atoms with Gasteiger partial charge in [-0.3, -0.25) is 9.63 Å². The van der Waals surface area contributed by atoms with Gasteiger partial charge >= 0.3 is 0 Å². The maximum absolute atomic E-state index is 12.6. The molecule has 26 heavy (non-hydrogen) atoms. The maximum Gasteiger partial charge on any atom is 0.293 e. The molecule has 0 aliphatic rings. The van der Waals surface area contributed by atoms with Crippen LogP contribution >= 0.6 is 11.6 Å². The second kappa shape index (κ2) is 7.05. The number of hydrogen-bond donors (Lipinski definition) is 1. The molecule has 3 aromatic rings. The highest BCUT2D eigenvalue weighted by Gasteiger charge is 2.22. The van der Waals surface area contributed by atoms with Crippen LogP contribution in [0.5, 0.6) is 0 Å². The predicted octanol–water partition coefficient (Wildman–Crippen LogP) is 4.03. The zero-order valence-corrected chi connectivity index (χ0v) is 16.0. The highest BCUT2D eigenvalue weighted by Crippen LogP contribution is 2.29. The molecule has 0 unspecified atom stereocenters. The van der Waals surface area contributed by atoms with E-state index in [4.69, 9.17) is 16.4 Å². The van der Waals surface area contributed by atoms with E-state index in [1.807, 2.05) is 24.3 Å². The van der Waals surface area contributed by atoms with Crippen molar-refractivity contribution in [2.45, 2.75) is 33.1 Å². The number of rotatable bonds is 4. The monoisotopic (exact) mass is 372 g/mol. The fourth-order valence-corrected chi connectivity index (χ4v) is 2.73. The molecule has 0 saturated heterocycles. The van der Waals surface area contributed by atoms with Crippen LogP contribution in [0.3, 0.4) is 0 Å². The Hall–Kier alpha value is -2.44. The van der Waals surface area contributed by atoms with Crippen LogP contribution in [0.2, 0.25) is 5.02 Å². The first-order valence-electron chi connectivity index (χ1n) is 8.39. The van der Waals surface area contributed by atoms with Gasteiger partial charge in [0, 0.05) is 22.1 Å². The van der Waals surface area contributed by atoms with E-state index >= 15 is 0 Å². The Morgan fingerprint density at radius 2 is 2.00 bits per heavy atom. The fourth-order valence-electron chi connectivity index (χ4n) is 2.50. The molecular formula is C19H21ClN4O2. The summed E-state index contributed by atoms with van der Waals surface area (Å²) in [6.07, 6.45) is 0. The lowest BCUT2D eigenvalue weighted by molar-refractivity contribution is 0.0357. The van der Waals surface area contributed by atoms with Crippen molar-refractivity contribution in [1.82, 2.24) is 20.1 Å². The van der Waals surface area contributed by atoms with E-state index in [1.54, 1.807) is 19.1 Å². The van der Waals surface area contributed by atoms with Crippen LogP contribution in [-0.4, -0.2) is 27.1 Å². The average molecular weight is 373 g/mol. The van der Waals surface area contributed by atoms with Crippen molar-refractivity contribution in [2.75, 3.05) is 6.61 Å². The molecule has 1 amide bonds. The molecule has 0 fully saturated rings. The zero-order chi connectivity index (χ0) is 18.9. The molecule has 0 aliphatic carbocycles. The molecule has 0 aliphatic heterocycles. The van der Waals surface area contributed by atoms with Gasteiger partial charge in [-0.15, -0.1) is 0 Å². The minimum absolute atomic E-state index is 0.175. The smallest absolute Gasteiger partial charge is 0.274 e. The van der Waals surface area contributed by atoms with Gasteiger partial charge in [-0.1, -0.05) is 50.6 Å². The lowest BCUT2D eigenvalue weighted by Gasteiger charge is -2.13. The Balaban J connectivity index is 2.22. The van der Waals surface area contributed by atoms with Crippen molar-refractivity contribution in [3.63, 3.8) is 0 Å². The van der Waals surface area contributed by atoms with Gasteiger partial charge in [-0.25, -0.2) is 15.0 Å². The van der Waals surface area contributed by atoms with Gasteiger partial charge in [0.05, 0.1) is 18.0 Å². The Labute approximate surface area is 157 Å². The largest absolute Gasteiger partial charge is 0.293 e. The summed E-state index contributed by atoms with van der Waals surface area (Å²) in [5, 5.41) is 5.14. The van der Waals surface area contributed by atoms with Gasteiger partial charge < -0.3 is 0 Å². The van der Waals surface area contributed by atoms with E-state index in [-0.39, 0.29) is 5.41 Å². The van der Waals surface area contributed by atoms with Gasteiger partial charge in [0.2, 0.25) is 0 Å². The molecule has 2 heterocycles. The first kappa shape index (κ1) is 18.4. The van der Waals surface area contributed by atoms with E-state index in [2.05, 4.69) is 36.3 Å². The third-order valence-electron chi connectivity index (χ3n) is 3.89. The third-order valence-corrected chi connectivity index (χ3v) is 4.22. The highest BCUT2D eigenvalue weighted by atomic mass is 35.5. The molecule has 0 atom stereocenters. The summed E-state index contributed by atoms with van der Waals surface area (Å²) in [5.41, 5.74) is 5.34. The first-order valence-corrected chi connectivity index (χ1v) is 8.77. The van der Waals surface area contributed by atoms with Crippen LogP contribution in [0.15, 0.2) is 36.4 Å². The topological polar surface area (TPSA) is 68.5 Å². The van der Waals surface area contributed by atoms with E-state index < -0.39 is 5.91 Å². The molecule has 0 saturated carbocycles. The molecule has 136 valence electrons. The van der Waals surface area contributed by atoms with Crippen molar-refractivity contribution in [1.29, 1.82) is 0 Å². The SMILES string of the molecule is CCONC(=O)c1cc(-c2ccccc2Cl)nc2cc(C(C)(C)C)nn12. The van der Waals surface area contributed by atoms with Crippen LogP contribution in [0.1, 0.15) is 43.9 Å². The van der Waals surface area contributed by atoms with Crippen LogP contribution < -0.4 is 5.48 Å². The molecule has 1 N–H and O–H groups in total. The summed E-state index contributed by atoms with van der Waals surface area (Å²) in [4.78, 5) is 22.3. The zero-order valence-electron chi connectivity index (χ0n) is 15.2. The number of benzene rings is 1. The lowest BCUT2D eigenvalue weighted by atomic mass is 9.93. The molecule has 0 radical (unpaired) electrons. The molecule has 6 nitrogen and oxygen atoms in total. The quantitative estimate of drug-likeness (QED) is 0.702. The van der Waals surface area contributed by atoms with Crippen LogP contribution in [0.4, 0.5) is 0 Å². The van der Waals surface area contributed by atoms with E-state index in [9.17, 15) is 4.79 Å². The second-order valence-corrected chi connectivity index (χ2v) is 7.33. The van der Waals surface area contributed by atoms with Crippen molar-refractivity contribution < 1.29 is 9.63 Å². The van der Waals surface area contributed by atoms with Crippen LogP contribution in [0, 0.1) is 0 Å². The van der Waals surface area contributed by atoms with Crippen molar-refractivity contribution in [3.05, 3.63) is 52.8 Å².